The number of imidazole rings is 1. The highest BCUT2D eigenvalue weighted by atomic mass is 16.5. The number of hydrogen-bond acceptors (Lipinski definition) is 3. The summed E-state index contributed by atoms with van der Waals surface area (Å²) in [5, 5.41) is 0. The second kappa shape index (κ2) is 5.45. The van der Waals surface area contributed by atoms with Gasteiger partial charge in [-0.1, -0.05) is 13.8 Å². The van der Waals surface area contributed by atoms with Gasteiger partial charge in [0.15, 0.2) is 0 Å². The molecule has 0 bridgehead atoms. The van der Waals surface area contributed by atoms with E-state index in [4.69, 9.17) is 10.5 Å². The number of methoxy groups -OCH3 is 1. The monoisotopic (exact) mass is 259 g/mol. The number of nitrogens with zero attached hydrogens (tertiary/aromatic N) is 2. The summed E-state index contributed by atoms with van der Waals surface area (Å²) in [5.41, 5.74) is 8.99. The Morgan fingerprint density at radius 3 is 2.63 bits per heavy atom. The van der Waals surface area contributed by atoms with Crippen molar-refractivity contribution in [1.29, 1.82) is 0 Å². The van der Waals surface area contributed by atoms with E-state index < -0.39 is 0 Å². The van der Waals surface area contributed by atoms with E-state index in [9.17, 15) is 0 Å². The Bertz CT molecular complexity index is 573. The van der Waals surface area contributed by atoms with Gasteiger partial charge in [0.2, 0.25) is 0 Å². The van der Waals surface area contributed by atoms with Crippen LogP contribution in [-0.4, -0.2) is 16.7 Å². The highest BCUT2D eigenvalue weighted by Crippen LogP contribution is 2.31. The Hall–Kier alpha value is -1.81. The summed E-state index contributed by atoms with van der Waals surface area (Å²) >= 11 is 0. The van der Waals surface area contributed by atoms with Gasteiger partial charge in [-0.25, -0.2) is 4.98 Å². The van der Waals surface area contributed by atoms with Gasteiger partial charge in [-0.2, -0.15) is 0 Å². The van der Waals surface area contributed by atoms with E-state index in [-0.39, 0.29) is 0 Å². The van der Waals surface area contributed by atoms with Gasteiger partial charge in [0.1, 0.15) is 11.6 Å². The van der Waals surface area contributed by atoms with Crippen molar-refractivity contribution in [2.24, 2.45) is 12.8 Å². The fraction of sp³-hybridized carbons (Fsp3) is 0.400. The summed E-state index contributed by atoms with van der Waals surface area (Å²) in [5.74, 6) is 2.26. The summed E-state index contributed by atoms with van der Waals surface area (Å²) in [6.07, 6.45) is 1.83. The maximum atomic E-state index is 5.69. The third kappa shape index (κ3) is 2.49. The van der Waals surface area contributed by atoms with E-state index in [1.807, 2.05) is 29.9 Å². The van der Waals surface area contributed by atoms with Crippen LogP contribution in [0.4, 0.5) is 0 Å². The SMILES string of the molecule is COc1ccc(-c2ncc(CN)n2C)cc1C(C)C. The fourth-order valence-electron chi connectivity index (χ4n) is 2.23. The van der Waals surface area contributed by atoms with Gasteiger partial charge < -0.3 is 15.0 Å². The summed E-state index contributed by atoms with van der Waals surface area (Å²) in [4.78, 5) is 4.45. The first-order chi connectivity index (χ1) is 9.08. The predicted molar refractivity (Wildman–Crippen MR) is 77.2 cm³/mol. The Morgan fingerprint density at radius 1 is 1.37 bits per heavy atom. The third-order valence-corrected chi connectivity index (χ3v) is 3.40. The Balaban J connectivity index is 2.51. The molecule has 0 aliphatic heterocycles. The lowest BCUT2D eigenvalue weighted by Gasteiger charge is -2.13. The highest BCUT2D eigenvalue weighted by molar-refractivity contribution is 5.60. The first-order valence-corrected chi connectivity index (χ1v) is 6.47. The van der Waals surface area contributed by atoms with E-state index in [1.54, 1.807) is 7.11 Å². The average molecular weight is 259 g/mol. The van der Waals surface area contributed by atoms with Crippen LogP contribution >= 0.6 is 0 Å². The fourth-order valence-corrected chi connectivity index (χ4v) is 2.23. The quantitative estimate of drug-likeness (QED) is 0.918. The first-order valence-electron chi connectivity index (χ1n) is 6.47. The van der Waals surface area contributed by atoms with Crippen molar-refractivity contribution < 1.29 is 4.74 Å². The van der Waals surface area contributed by atoms with Crippen molar-refractivity contribution in [3.63, 3.8) is 0 Å². The van der Waals surface area contributed by atoms with Crippen molar-refractivity contribution in [3.8, 4) is 17.1 Å². The molecule has 0 amide bonds. The molecule has 0 saturated heterocycles. The lowest BCUT2D eigenvalue weighted by Crippen LogP contribution is -2.04. The Morgan fingerprint density at radius 2 is 2.11 bits per heavy atom. The molecule has 0 radical (unpaired) electrons. The first kappa shape index (κ1) is 13.6. The lowest BCUT2D eigenvalue weighted by atomic mass is 9.99. The zero-order chi connectivity index (χ0) is 14.0. The normalized spacial score (nSPS) is 11.1. The van der Waals surface area contributed by atoms with E-state index in [2.05, 4.69) is 24.9 Å². The molecule has 0 saturated carbocycles. The molecule has 4 nitrogen and oxygen atoms in total. The zero-order valence-corrected chi connectivity index (χ0v) is 12.0. The van der Waals surface area contributed by atoms with E-state index in [0.717, 1.165) is 22.8 Å². The van der Waals surface area contributed by atoms with E-state index in [1.165, 1.54) is 5.56 Å². The van der Waals surface area contributed by atoms with Crippen molar-refractivity contribution in [2.45, 2.75) is 26.3 Å². The minimum absolute atomic E-state index is 0.407. The zero-order valence-electron chi connectivity index (χ0n) is 12.0. The average Bonchev–Trinajstić information content (AvgIpc) is 2.79. The number of aromatic nitrogens is 2. The molecule has 0 aliphatic rings. The summed E-state index contributed by atoms with van der Waals surface area (Å²) < 4.78 is 7.44. The van der Waals surface area contributed by atoms with Crippen LogP contribution < -0.4 is 10.5 Å². The smallest absolute Gasteiger partial charge is 0.139 e. The van der Waals surface area contributed by atoms with Crippen LogP contribution in [-0.2, 0) is 13.6 Å². The van der Waals surface area contributed by atoms with E-state index in [0.29, 0.717) is 12.5 Å². The number of ether oxygens (including phenoxy) is 1. The minimum Gasteiger partial charge on any atom is -0.496 e. The molecule has 1 heterocycles. The van der Waals surface area contributed by atoms with Crippen LogP contribution in [0.3, 0.4) is 0 Å². The molecule has 2 rings (SSSR count). The molecular weight excluding hydrogens is 238 g/mol. The molecule has 19 heavy (non-hydrogen) atoms. The van der Waals surface area contributed by atoms with Crippen molar-refractivity contribution in [3.05, 3.63) is 35.7 Å². The van der Waals surface area contributed by atoms with Crippen LogP contribution in [0.15, 0.2) is 24.4 Å². The van der Waals surface area contributed by atoms with Crippen LogP contribution in [0.5, 0.6) is 5.75 Å². The second-order valence-electron chi connectivity index (χ2n) is 4.95. The maximum Gasteiger partial charge on any atom is 0.139 e. The molecule has 2 aromatic rings. The summed E-state index contributed by atoms with van der Waals surface area (Å²) in [6, 6.07) is 6.18. The minimum atomic E-state index is 0.407. The third-order valence-electron chi connectivity index (χ3n) is 3.40. The van der Waals surface area contributed by atoms with Gasteiger partial charge in [0.05, 0.1) is 19.0 Å². The molecule has 0 atom stereocenters. The molecular formula is C15H21N3O. The molecule has 4 heteroatoms. The Kier molecular flexibility index (Phi) is 3.90. The van der Waals surface area contributed by atoms with E-state index >= 15 is 0 Å². The number of rotatable bonds is 4. The molecule has 0 aliphatic carbocycles. The second-order valence-corrected chi connectivity index (χ2v) is 4.95. The molecule has 102 valence electrons. The van der Waals surface area contributed by atoms with Crippen molar-refractivity contribution in [1.82, 2.24) is 9.55 Å². The number of nitrogens with two attached hydrogens (primary N) is 1. The molecule has 0 fully saturated rings. The largest absolute Gasteiger partial charge is 0.496 e. The van der Waals surface area contributed by atoms with Gasteiger partial charge >= 0.3 is 0 Å². The van der Waals surface area contributed by atoms with Crippen LogP contribution in [0.25, 0.3) is 11.4 Å². The van der Waals surface area contributed by atoms with Crippen LogP contribution in [0.2, 0.25) is 0 Å². The topological polar surface area (TPSA) is 53.1 Å². The standard InChI is InChI=1S/C15H21N3O/c1-10(2)13-7-11(5-6-14(13)19-4)15-17-9-12(8-16)18(15)3/h5-7,9-10H,8,16H2,1-4H3. The molecule has 2 N–H and O–H groups in total. The van der Waals surface area contributed by atoms with Crippen LogP contribution in [0.1, 0.15) is 31.0 Å². The van der Waals surface area contributed by atoms with Gasteiger partial charge in [-0.3, -0.25) is 0 Å². The predicted octanol–water partition coefficient (Wildman–Crippen LogP) is 2.68. The molecule has 1 aromatic carbocycles. The maximum absolute atomic E-state index is 5.69. The molecule has 0 unspecified atom stereocenters. The summed E-state index contributed by atoms with van der Waals surface area (Å²) in [6.45, 7) is 4.81. The number of benzene rings is 1. The van der Waals surface area contributed by atoms with Gasteiger partial charge in [-0.05, 0) is 29.7 Å². The lowest BCUT2D eigenvalue weighted by molar-refractivity contribution is 0.407. The van der Waals surface area contributed by atoms with Gasteiger partial charge in [0.25, 0.3) is 0 Å². The summed E-state index contributed by atoms with van der Waals surface area (Å²) in [7, 11) is 3.69. The van der Waals surface area contributed by atoms with Crippen molar-refractivity contribution >= 4 is 0 Å². The van der Waals surface area contributed by atoms with Gasteiger partial charge in [-0.15, -0.1) is 0 Å². The van der Waals surface area contributed by atoms with Crippen LogP contribution in [0, 0.1) is 0 Å². The van der Waals surface area contributed by atoms with Gasteiger partial charge in [0, 0.05) is 19.2 Å². The van der Waals surface area contributed by atoms with Crippen molar-refractivity contribution in [2.75, 3.05) is 7.11 Å². The highest BCUT2D eigenvalue weighted by Gasteiger charge is 2.12. The Labute approximate surface area is 114 Å². The molecule has 1 aromatic heterocycles. The number of hydrogen-bond donors (Lipinski definition) is 1. The molecule has 0 spiro atoms.